The van der Waals surface area contributed by atoms with Gasteiger partial charge in [-0.1, -0.05) is 18.3 Å². The van der Waals surface area contributed by atoms with Crippen molar-refractivity contribution in [2.75, 3.05) is 19.8 Å². The number of hydrogen-bond acceptors (Lipinski definition) is 36. The number of aromatic nitrogens is 12. The average molecular weight is 1540 g/mol. The molecule has 9 heterocycles. The standard InChI is InChI=1S/3C10H14N4O13P3.3Na/c3*15-5-1-7(14-4-13-8-9(14)11-3-12-10(8)16)25-6(5)2-24-29(20,21)27-30(22,23)26-28(17,18)19;;;/h3*3-7H,1-2H2,(H,20,21)(H,22,23)(H,11,12,16)(H2,17,18,19);;;/q3*-1;3*+1/p-3/t3*5-,6+,7+;;;/m000.../s1. The molecule has 0 aliphatic carbocycles. The van der Waals surface area contributed by atoms with E-state index in [9.17, 15) is 86.4 Å². The smallest absolute Gasteiger partial charge is 0.857 e. The first-order chi connectivity index (χ1) is 41.3. The molecule has 6 unspecified atom stereocenters. The molecule has 6 aromatic rings. The van der Waals surface area contributed by atoms with E-state index in [4.69, 9.17) is 58.3 Å². The Labute approximate surface area is 580 Å². The van der Waals surface area contributed by atoms with Gasteiger partial charge in [-0.05, 0) is 19.3 Å². The van der Waals surface area contributed by atoms with E-state index in [1.54, 1.807) is 0 Å². The van der Waals surface area contributed by atoms with Gasteiger partial charge >= 0.3 is 159 Å². The van der Waals surface area contributed by atoms with E-state index in [0.29, 0.717) is 0 Å². The fourth-order valence-electron chi connectivity index (χ4n) is 7.60. The van der Waals surface area contributed by atoms with Crippen LogP contribution in [0.3, 0.4) is 0 Å². The maximum Gasteiger partial charge on any atom is 1.00 e. The van der Waals surface area contributed by atoms with Gasteiger partial charge < -0.3 is 104 Å². The predicted molar refractivity (Wildman–Crippen MR) is 261 cm³/mol. The van der Waals surface area contributed by atoms with Crippen molar-refractivity contribution < 1.29 is 273 Å². The molecular formula is C30H39N12Na3O39P9-3. The van der Waals surface area contributed by atoms with Crippen LogP contribution in [0.2, 0.25) is 0 Å². The number of phosphoric acid groups is 9. The Morgan fingerprint density at radius 1 is 0.376 bits per heavy atom. The second kappa shape index (κ2) is 33.2. The molecule has 3 saturated heterocycles. The van der Waals surface area contributed by atoms with E-state index in [2.05, 4.69) is 84.3 Å². The summed E-state index contributed by atoms with van der Waals surface area (Å²) in [5.41, 5.74) is 0.128. The van der Waals surface area contributed by atoms with Crippen molar-refractivity contribution in [1.82, 2.24) is 58.6 Å². The number of phosphoric ester groups is 3. The third-order valence-corrected chi connectivity index (χ3v) is 22.3. The SMILES string of the molecule is O=P(O)(O)OP(=O)(O)OP(=O)(O)OC[C@H]1O[C@@H](n2cnc3c([O-])ncnc32)C[C@@H]1[O-].O=P(O)(O)OP(=O)(O)OP(=O)(O)OC[C@H]1O[C@@H](n2cnc3c([O-])ncnc32)C[C@@H]1[O-].O=P(O)(O)OP(=O)(O)OP(=O)(O)OC[C@H]1O[C@@H](n2cnc3c([O-])ncnc32)C[C@@H]1[O-].[Na+].[Na+].[Na+]. The van der Waals surface area contributed by atoms with Crippen molar-refractivity contribution in [3.05, 3.63) is 38.0 Å². The fourth-order valence-corrected chi connectivity index (χ4v) is 16.7. The summed E-state index contributed by atoms with van der Waals surface area (Å²) in [4.78, 5) is 140. The number of fused-ring (bicyclic) bond motifs is 3. The van der Waals surface area contributed by atoms with Gasteiger partial charge in [0.1, 0.15) is 54.2 Å². The van der Waals surface area contributed by atoms with E-state index in [1.165, 1.54) is 32.7 Å². The topological polar surface area (TPSA) is 776 Å². The molecule has 3 aliphatic rings. The van der Waals surface area contributed by atoms with Gasteiger partial charge in [-0.2, -0.15) is 25.9 Å². The second-order valence-electron chi connectivity index (χ2n) is 17.4. The zero-order valence-corrected chi connectivity index (χ0v) is 60.2. The van der Waals surface area contributed by atoms with Crippen LogP contribution < -0.4 is 119 Å². The Morgan fingerprint density at radius 3 is 0.817 bits per heavy atom. The van der Waals surface area contributed by atoms with Gasteiger partial charge in [0.15, 0.2) is 16.9 Å². The van der Waals surface area contributed by atoms with Crippen LogP contribution in [0.5, 0.6) is 17.6 Å². The second-order valence-corrected chi connectivity index (χ2v) is 30.6. The van der Waals surface area contributed by atoms with Gasteiger partial charge in [0.2, 0.25) is 0 Å². The van der Waals surface area contributed by atoms with Crippen molar-refractivity contribution in [2.45, 2.75) is 74.6 Å². The molecule has 6 aromatic heterocycles. The van der Waals surface area contributed by atoms with Crippen LogP contribution in [-0.2, 0) is 94.7 Å². The maximum atomic E-state index is 12.2. The first-order valence-corrected chi connectivity index (χ1v) is 36.7. The minimum atomic E-state index is -5.67. The van der Waals surface area contributed by atoms with Crippen LogP contribution in [0.25, 0.3) is 33.5 Å². The Balaban J connectivity index is 0.000000293. The van der Waals surface area contributed by atoms with Crippen molar-refractivity contribution in [3.8, 4) is 17.6 Å². The Kier molecular flexibility index (Phi) is 30.2. The average Bonchev–Trinajstić information content (AvgIpc) is 1.67. The van der Waals surface area contributed by atoms with Crippen molar-refractivity contribution in [3.63, 3.8) is 0 Å². The minimum absolute atomic E-state index is 0. The largest absolute Gasteiger partial charge is 1.00 e. The first-order valence-electron chi connectivity index (χ1n) is 23.1. The van der Waals surface area contributed by atoms with E-state index in [-0.39, 0.29) is 141 Å². The zero-order chi connectivity index (χ0) is 67.0. The number of hydrogen-bond donors (Lipinski definition) is 12. The number of rotatable bonds is 24. The van der Waals surface area contributed by atoms with E-state index < -0.39 is 163 Å². The van der Waals surface area contributed by atoms with E-state index in [1.807, 2.05) is 0 Å². The molecule has 0 bridgehead atoms. The van der Waals surface area contributed by atoms with Gasteiger partial charge in [0.25, 0.3) is 0 Å². The predicted octanol–water partition coefficient (Wildman–Crippen LogP) is -14.2. The number of ether oxygens (including phenoxy) is 3. The molecule has 63 heteroatoms. The summed E-state index contributed by atoms with van der Waals surface area (Å²) in [5.74, 6) is -1.92. The van der Waals surface area contributed by atoms with Gasteiger partial charge in [-0.3, -0.25) is 42.2 Å². The third kappa shape index (κ3) is 25.0. The quantitative estimate of drug-likeness (QED) is 0.0198. The van der Waals surface area contributed by atoms with Crippen molar-refractivity contribution in [2.24, 2.45) is 0 Å². The molecule has 51 nitrogen and oxygen atoms in total. The normalized spacial score (nSPS) is 25.6. The van der Waals surface area contributed by atoms with Gasteiger partial charge in [-0.15, -0.1) is 0 Å². The maximum absolute atomic E-state index is 12.2. The molecular weight excluding hydrogens is 1500 g/mol. The Morgan fingerprint density at radius 2 is 0.602 bits per heavy atom. The molecule has 0 radical (unpaired) electrons. The number of imidazole rings is 3. The first kappa shape index (κ1) is 84.5. The van der Waals surface area contributed by atoms with Crippen molar-refractivity contribution >= 4 is 104 Å². The molecule has 3 fully saturated rings. The summed E-state index contributed by atoms with van der Waals surface area (Å²) in [6.07, 6.45) is -5.30. The summed E-state index contributed by atoms with van der Waals surface area (Å²) in [7, 11) is -49.7. The molecule has 9 rings (SSSR count). The number of nitrogens with zero attached hydrogens (tertiary/aromatic N) is 12. The summed E-state index contributed by atoms with van der Waals surface area (Å²) in [6.45, 7) is -2.66. The summed E-state index contributed by atoms with van der Waals surface area (Å²) >= 11 is 0. The molecule has 93 heavy (non-hydrogen) atoms. The summed E-state index contributed by atoms with van der Waals surface area (Å²) < 4.78 is 155. The third-order valence-electron chi connectivity index (χ3n) is 10.9. The molecule has 3 aliphatic heterocycles. The molecule has 12 N–H and O–H groups in total. The van der Waals surface area contributed by atoms with Gasteiger partial charge in [0, 0.05) is 17.6 Å². The zero-order valence-electron chi connectivity index (χ0n) is 46.2. The monoisotopic (exact) mass is 1540 g/mol. The molecule has 0 amide bonds. The van der Waals surface area contributed by atoms with Crippen LogP contribution in [0.15, 0.2) is 38.0 Å². The van der Waals surface area contributed by atoms with Gasteiger partial charge in [0.05, 0.1) is 57.1 Å². The molecule has 0 aromatic carbocycles. The van der Waals surface area contributed by atoms with Crippen molar-refractivity contribution in [1.29, 1.82) is 0 Å². The Bertz CT molecular complexity index is 3630. The minimum Gasteiger partial charge on any atom is -0.857 e. The summed E-state index contributed by atoms with van der Waals surface area (Å²) in [6, 6.07) is 0. The van der Waals surface area contributed by atoms with Crippen LogP contribution in [-0.4, -0.2) is 174 Å². The van der Waals surface area contributed by atoms with E-state index in [0.717, 1.165) is 19.0 Å². The molecule has 0 spiro atoms. The molecule has 504 valence electrons. The van der Waals surface area contributed by atoms with Gasteiger partial charge in [-0.25, -0.2) is 71.0 Å². The van der Waals surface area contributed by atoms with E-state index >= 15 is 0 Å². The summed E-state index contributed by atoms with van der Waals surface area (Å²) in [5, 5.41) is 71.4. The molecule has 15 atom stereocenters. The van der Waals surface area contributed by atoms with Crippen LogP contribution in [0, 0.1) is 0 Å². The van der Waals surface area contributed by atoms with Crippen LogP contribution in [0.1, 0.15) is 37.9 Å². The van der Waals surface area contributed by atoms with Crippen LogP contribution >= 0.6 is 70.4 Å². The fraction of sp³-hybridized carbons (Fsp3) is 0.500. The Hall–Kier alpha value is -0.960. The van der Waals surface area contributed by atoms with Crippen LogP contribution in [0.4, 0.5) is 0 Å². The molecule has 0 saturated carbocycles.